The lowest BCUT2D eigenvalue weighted by Crippen LogP contribution is -2.19. The molecule has 7 heteroatoms. The predicted molar refractivity (Wildman–Crippen MR) is 140 cm³/mol. The van der Waals surface area contributed by atoms with Crippen LogP contribution in [-0.4, -0.2) is 34.6 Å². The fourth-order valence-electron chi connectivity index (χ4n) is 4.09. The predicted octanol–water partition coefficient (Wildman–Crippen LogP) is 5.80. The molecule has 4 aromatic rings. The minimum absolute atomic E-state index is 0.563. The van der Waals surface area contributed by atoms with Gasteiger partial charge < -0.3 is 20.9 Å². The number of H-pyrrole nitrogens is 1. The van der Waals surface area contributed by atoms with E-state index >= 15 is 0 Å². The van der Waals surface area contributed by atoms with E-state index in [1.54, 1.807) is 6.20 Å². The van der Waals surface area contributed by atoms with Crippen LogP contribution < -0.4 is 16.0 Å². The van der Waals surface area contributed by atoms with Gasteiger partial charge in [-0.3, -0.25) is 0 Å². The van der Waals surface area contributed by atoms with Crippen LogP contribution in [0.1, 0.15) is 23.1 Å². The maximum Gasteiger partial charge on any atom is 0.229 e. The van der Waals surface area contributed by atoms with Gasteiger partial charge in [-0.25, -0.2) is 4.98 Å². The number of aromatic nitrogens is 3. The summed E-state index contributed by atoms with van der Waals surface area (Å²) in [6, 6.07) is 14.9. The number of rotatable bonds is 7. The normalized spacial score (nSPS) is 13.7. The van der Waals surface area contributed by atoms with Crippen molar-refractivity contribution < 1.29 is 0 Å². The molecule has 6 nitrogen and oxygen atoms in total. The fourth-order valence-corrected chi connectivity index (χ4v) is 4.42. The second-order valence-electron chi connectivity index (χ2n) is 8.32. The Labute approximate surface area is 202 Å². The molecule has 1 aliphatic rings. The first kappa shape index (κ1) is 21.7. The summed E-state index contributed by atoms with van der Waals surface area (Å²) in [7, 11) is 0. The zero-order valence-electron chi connectivity index (χ0n) is 18.6. The maximum atomic E-state index is 4.69. The van der Waals surface area contributed by atoms with E-state index in [1.807, 2.05) is 0 Å². The first-order chi connectivity index (χ1) is 16.2. The summed E-state index contributed by atoms with van der Waals surface area (Å²) in [5, 5.41) is 11.4. The van der Waals surface area contributed by atoms with Crippen LogP contribution in [0.3, 0.4) is 0 Å². The third-order valence-corrected chi connectivity index (χ3v) is 6.50. The minimum Gasteiger partial charge on any atom is -0.369 e. The van der Waals surface area contributed by atoms with Gasteiger partial charge in [-0.15, -0.1) is 0 Å². The molecule has 0 aliphatic carbocycles. The van der Waals surface area contributed by atoms with Gasteiger partial charge in [-0.05, 0) is 71.6 Å². The van der Waals surface area contributed by atoms with E-state index in [0.29, 0.717) is 5.95 Å². The van der Waals surface area contributed by atoms with Gasteiger partial charge >= 0.3 is 0 Å². The fraction of sp³-hybridized carbons (Fsp3) is 0.231. The monoisotopic (exact) mass is 502 g/mol. The molecule has 0 saturated carbocycles. The first-order valence-corrected chi connectivity index (χ1v) is 12.1. The van der Waals surface area contributed by atoms with E-state index in [0.717, 1.165) is 54.0 Å². The Bertz CT molecular complexity index is 1290. The molecule has 168 valence electrons. The molecule has 0 amide bonds. The van der Waals surface area contributed by atoms with Gasteiger partial charge in [0.2, 0.25) is 5.95 Å². The number of hydrogen-bond donors (Lipinski definition) is 4. The standard InChI is InChI=1S/C26H27BrN6/c1-17-2-4-18(5-3-17)8-13-29-25-23(27)16-31-26(33-25)32-20-6-7-24-21(14-20)22(15-30-24)19-9-11-28-12-10-19/h2-7,9,14-16,28,30H,8,10-13H2,1H3,(H2,29,31,32,33). The van der Waals surface area contributed by atoms with Gasteiger partial charge in [0.25, 0.3) is 0 Å². The molecule has 0 fully saturated rings. The van der Waals surface area contributed by atoms with Gasteiger partial charge in [-0.1, -0.05) is 35.9 Å². The van der Waals surface area contributed by atoms with Crippen LogP contribution in [-0.2, 0) is 6.42 Å². The van der Waals surface area contributed by atoms with Gasteiger partial charge in [0.1, 0.15) is 5.82 Å². The van der Waals surface area contributed by atoms with Crippen LogP contribution in [0.5, 0.6) is 0 Å². The molecule has 0 saturated heterocycles. The number of benzene rings is 2. The average molecular weight is 503 g/mol. The maximum absolute atomic E-state index is 4.69. The Hall–Kier alpha value is -3.16. The second kappa shape index (κ2) is 9.77. The third kappa shape index (κ3) is 5.10. The van der Waals surface area contributed by atoms with Crippen LogP contribution in [0.15, 0.2) is 65.4 Å². The summed E-state index contributed by atoms with van der Waals surface area (Å²) < 4.78 is 0.846. The summed E-state index contributed by atoms with van der Waals surface area (Å²) in [5.74, 6) is 1.34. The third-order valence-electron chi connectivity index (χ3n) is 5.92. The molecule has 5 rings (SSSR count). The molecule has 4 N–H and O–H groups in total. The zero-order valence-corrected chi connectivity index (χ0v) is 20.2. The summed E-state index contributed by atoms with van der Waals surface area (Å²) in [5.41, 5.74) is 7.33. The second-order valence-corrected chi connectivity index (χ2v) is 9.18. The molecular formula is C26H27BrN6. The molecule has 0 atom stereocenters. The van der Waals surface area contributed by atoms with Crippen molar-refractivity contribution in [2.75, 3.05) is 30.3 Å². The number of nitrogens with one attached hydrogen (secondary N) is 4. The minimum atomic E-state index is 0.563. The number of hydrogen-bond acceptors (Lipinski definition) is 5. The number of anilines is 3. The molecular weight excluding hydrogens is 476 g/mol. The van der Waals surface area contributed by atoms with Crippen molar-refractivity contribution >= 4 is 49.9 Å². The Balaban J connectivity index is 1.30. The lowest BCUT2D eigenvalue weighted by Gasteiger charge is -2.14. The zero-order chi connectivity index (χ0) is 22.6. The highest BCUT2D eigenvalue weighted by Crippen LogP contribution is 2.31. The summed E-state index contributed by atoms with van der Waals surface area (Å²) in [6.07, 6.45) is 8.13. The van der Waals surface area contributed by atoms with Crippen molar-refractivity contribution in [2.45, 2.75) is 19.8 Å². The summed E-state index contributed by atoms with van der Waals surface area (Å²) >= 11 is 3.56. The molecule has 33 heavy (non-hydrogen) atoms. The summed E-state index contributed by atoms with van der Waals surface area (Å²) in [4.78, 5) is 12.5. The van der Waals surface area contributed by atoms with E-state index in [2.05, 4.69) is 108 Å². The Morgan fingerprint density at radius 3 is 2.82 bits per heavy atom. The molecule has 3 heterocycles. The molecule has 2 aromatic carbocycles. The van der Waals surface area contributed by atoms with E-state index in [4.69, 9.17) is 0 Å². The quantitative estimate of drug-likeness (QED) is 0.256. The van der Waals surface area contributed by atoms with Crippen LogP contribution in [0, 0.1) is 6.92 Å². The van der Waals surface area contributed by atoms with Crippen LogP contribution in [0.2, 0.25) is 0 Å². The highest BCUT2D eigenvalue weighted by Gasteiger charge is 2.12. The van der Waals surface area contributed by atoms with E-state index in [1.165, 1.54) is 27.6 Å². The molecule has 0 unspecified atom stereocenters. The highest BCUT2D eigenvalue weighted by atomic mass is 79.9. The molecule has 0 radical (unpaired) electrons. The highest BCUT2D eigenvalue weighted by molar-refractivity contribution is 9.10. The number of aromatic amines is 1. The molecule has 2 aromatic heterocycles. The van der Waals surface area contributed by atoms with Crippen LogP contribution >= 0.6 is 15.9 Å². The summed E-state index contributed by atoms with van der Waals surface area (Å²) in [6.45, 7) is 4.84. The largest absolute Gasteiger partial charge is 0.369 e. The first-order valence-electron chi connectivity index (χ1n) is 11.3. The number of halogens is 1. The number of aryl methyl sites for hydroxylation is 1. The van der Waals surface area contributed by atoms with E-state index in [9.17, 15) is 0 Å². The Kier molecular flexibility index (Phi) is 6.41. The number of fused-ring (bicyclic) bond motifs is 1. The van der Waals surface area contributed by atoms with E-state index in [-0.39, 0.29) is 0 Å². The van der Waals surface area contributed by atoms with Gasteiger partial charge in [-0.2, -0.15) is 4.98 Å². The van der Waals surface area contributed by atoms with Crippen LogP contribution in [0.4, 0.5) is 17.5 Å². The van der Waals surface area contributed by atoms with Gasteiger partial charge in [0.05, 0.1) is 4.47 Å². The molecule has 0 bridgehead atoms. The molecule has 0 spiro atoms. The average Bonchev–Trinajstić information content (AvgIpc) is 3.26. The van der Waals surface area contributed by atoms with Crippen molar-refractivity contribution in [2.24, 2.45) is 0 Å². The number of nitrogens with zero attached hydrogens (tertiary/aromatic N) is 2. The Morgan fingerprint density at radius 1 is 1.12 bits per heavy atom. The van der Waals surface area contributed by atoms with Crippen molar-refractivity contribution in [3.8, 4) is 0 Å². The van der Waals surface area contributed by atoms with Crippen molar-refractivity contribution in [3.63, 3.8) is 0 Å². The van der Waals surface area contributed by atoms with Crippen molar-refractivity contribution in [1.82, 2.24) is 20.3 Å². The van der Waals surface area contributed by atoms with Crippen LogP contribution in [0.25, 0.3) is 16.5 Å². The van der Waals surface area contributed by atoms with Crippen molar-refractivity contribution in [3.05, 3.63) is 82.1 Å². The van der Waals surface area contributed by atoms with Gasteiger partial charge in [0.15, 0.2) is 0 Å². The smallest absolute Gasteiger partial charge is 0.229 e. The lowest BCUT2D eigenvalue weighted by molar-refractivity contribution is 0.739. The SMILES string of the molecule is Cc1ccc(CCNc2nc(Nc3ccc4[nH]cc(C5=CCNCC5)c4c3)ncc2Br)cc1. The Morgan fingerprint density at radius 2 is 2.00 bits per heavy atom. The lowest BCUT2D eigenvalue weighted by atomic mass is 9.99. The van der Waals surface area contributed by atoms with E-state index < -0.39 is 0 Å². The van der Waals surface area contributed by atoms with Gasteiger partial charge in [0, 0.05) is 47.6 Å². The topological polar surface area (TPSA) is 77.7 Å². The molecule has 1 aliphatic heterocycles. The van der Waals surface area contributed by atoms with Crippen molar-refractivity contribution in [1.29, 1.82) is 0 Å².